The van der Waals surface area contributed by atoms with Crippen molar-refractivity contribution in [3.63, 3.8) is 0 Å². The van der Waals surface area contributed by atoms with Crippen molar-refractivity contribution < 1.29 is 17.9 Å². The van der Waals surface area contributed by atoms with Crippen LogP contribution in [0.25, 0.3) is 0 Å². The summed E-state index contributed by atoms with van der Waals surface area (Å²) < 4.78 is 28.8. The van der Waals surface area contributed by atoms with E-state index in [0.29, 0.717) is 12.0 Å². The van der Waals surface area contributed by atoms with Gasteiger partial charge in [-0.05, 0) is 18.4 Å². The summed E-state index contributed by atoms with van der Waals surface area (Å²) >= 11 is 0. The van der Waals surface area contributed by atoms with Crippen LogP contribution in [0.3, 0.4) is 0 Å². The Hall–Kier alpha value is -1.40. The van der Waals surface area contributed by atoms with E-state index in [9.17, 15) is 13.2 Å². The fraction of sp³-hybridized carbons (Fsp3) is 0.533. The predicted octanol–water partition coefficient (Wildman–Crippen LogP) is 1.27. The molecule has 0 spiro atoms. The molecule has 1 atom stereocenters. The minimum atomic E-state index is -3.19. The van der Waals surface area contributed by atoms with Crippen molar-refractivity contribution in [3.8, 4) is 0 Å². The standard InChI is InChI=1S/C15H23NO4S/c1-3-10-21(18,19)11-9-15(12-16,14(17)20-2)13-7-5-4-6-8-13/h4-8H,3,9-12,16H2,1-2H3. The smallest absolute Gasteiger partial charge is 0.317 e. The van der Waals surface area contributed by atoms with Crippen LogP contribution in [0.5, 0.6) is 0 Å². The molecular formula is C15H23NO4S. The van der Waals surface area contributed by atoms with Crippen molar-refractivity contribution in [2.24, 2.45) is 5.73 Å². The molecule has 1 aromatic rings. The summed E-state index contributed by atoms with van der Waals surface area (Å²) in [5.74, 6) is -0.464. The minimum absolute atomic E-state index is 0.00529. The Bertz CT molecular complexity index is 556. The molecular weight excluding hydrogens is 290 g/mol. The largest absolute Gasteiger partial charge is 0.468 e. The molecule has 0 saturated heterocycles. The third kappa shape index (κ3) is 4.28. The van der Waals surface area contributed by atoms with Crippen LogP contribution >= 0.6 is 0 Å². The maximum Gasteiger partial charge on any atom is 0.317 e. The fourth-order valence-electron chi connectivity index (χ4n) is 2.36. The van der Waals surface area contributed by atoms with Gasteiger partial charge in [0.05, 0.1) is 12.9 Å². The molecule has 0 aliphatic rings. The maximum absolute atomic E-state index is 12.2. The van der Waals surface area contributed by atoms with Crippen molar-refractivity contribution in [1.29, 1.82) is 0 Å². The lowest BCUT2D eigenvalue weighted by Crippen LogP contribution is -2.45. The molecule has 6 heteroatoms. The van der Waals surface area contributed by atoms with Crippen molar-refractivity contribution in [2.75, 3.05) is 25.2 Å². The first-order valence-corrected chi connectivity index (χ1v) is 8.78. The topological polar surface area (TPSA) is 86.5 Å². The quantitative estimate of drug-likeness (QED) is 0.730. The van der Waals surface area contributed by atoms with E-state index in [4.69, 9.17) is 10.5 Å². The molecule has 0 bridgehead atoms. The number of rotatable bonds is 8. The van der Waals surface area contributed by atoms with E-state index in [1.807, 2.05) is 13.0 Å². The number of carbonyl (C=O) groups is 1. The molecule has 118 valence electrons. The summed E-state index contributed by atoms with van der Waals surface area (Å²) in [5.41, 5.74) is 5.40. The van der Waals surface area contributed by atoms with E-state index < -0.39 is 21.2 Å². The monoisotopic (exact) mass is 313 g/mol. The first kappa shape index (κ1) is 17.7. The SMILES string of the molecule is CCCS(=O)(=O)CCC(CN)(C(=O)OC)c1ccccc1. The lowest BCUT2D eigenvalue weighted by atomic mass is 9.78. The number of esters is 1. The highest BCUT2D eigenvalue weighted by molar-refractivity contribution is 7.91. The first-order chi connectivity index (χ1) is 9.91. The van der Waals surface area contributed by atoms with E-state index in [1.54, 1.807) is 24.3 Å². The van der Waals surface area contributed by atoms with E-state index in [1.165, 1.54) is 7.11 Å². The summed E-state index contributed by atoms with van der Waals surface area (Å²) in [6.07, 6.45) is 0.685. The number of carbonyl (C=O) groups excluding carboxylic acids is 1. The second-order valence-electron chi connectivity index (χ2n) is 5.05. The average Bonchev–Trinajstić information content (AvgIpc) is 2.49. The Balaban J connectivity index is 3.12. The number of hydrogen-bond acceptors (Lipinski definition) is 5. The maximum atomic E-state index is 12.2. The van der Waals surface area contributed by atoms with Gasteiger partial charge in [-0.25, -0.2) is 8.42 Å². The molecule has 0 aliphatic carbocycles. The molecule has 0 fully saturated rings. The molecule has 0 radical (unpaired) electrons. The third-order valence-corrected chi connectivity index (χ3v) is 5.46. The zero-order chi connectivity index (χ0) is 15.9. The summed E-state index contributed by atoms with van der Waals surface area (Å²) in [6.45, 7) is 1.82. The van der Waals surface area contributed by atoms with Crippen LogP contribution in [0, 0.1) is 0 Å². The van der Waals surface area contributed by atoms with Crippen molar-refractivity contribution in [2.45, 2.75) is 25.2 Å². The first-order valence-electron chi connectivity index (χ1n) is 6.96. The van der Waals surface area contributed by atoms with Crippen LogP contribution in [-0.2, 0) is 24.8 Å². The van der Waals surface area contributed by atoms with Gasteiger partial charge in [0.15, 0.2) is 0 Å². The van der Waals surface area contributed by atoms with Gasteiger partial charge in [-0.2, -0.15) is 0 Å². The van der Waals surface area contributed by atoms with Gasteiger partial charge in [-0.15, -0.1) is 0 Å². The average molecular weight is 313 g/mol. The molecule has 1 aromatic carbocycles. The second-order valence-corrected chi connectivity index (χ2v) is 7.35. The van der Waals surface area contributed by atoms with Gasteiger partial charge in [0.1, 0.15) is 15.3 Å². The van der Waals surface area contributed by atoms with Crippen molar-refractivity contribution >= 4 is 15.8 Å². The highest BCUT2D eigenvalue weighted by atomic mass is 32.2. The van der Waals surface area contributed by atoms with Crippen LogP contribution in [0.1, 0.15) is 25.3 Å². The highest BCUT2D eigenvalue weighted by Gasteiger charge is 2.40. The molecule has 0 heterocycles. The summed E-state index contributed by atoms with van der Waals surface area (Å²) in [5, 5.41) is 0. The molecule has 0 aliphatic heterocycles. The van der Waals surface area contributed by atoms with Crippen molar-refractivity contribution in [1.82, 2.24) is 0 Å². The van der Waals surface area contributed by atoms with Crippen LogP contribution < -0.4 is 5.73 Å². The van der Waals surface area contributed by atoms with Gasteiger partial charge in [0, 0.05) is 12.3 Å². The number of nitrogens with two attached hydrogens (primary N) is 1. The van der Waals surface area contributed by atoms with Crippen LogP contribution in [-0.4, -0.2) is 39.5 Å². The molecule has 1 rings (SSSR count). The fourth-order valence-corrected chi connectivity index (χ4v) is 3.85. The van der Waals surface area contributed by atoms with E-state index in [2.05, 4.69) is 0 Å². The lowest BCUT2D eigenvalue weighted by Gasteiger charge is -2.30. The Morgan fingerprint density at radius 1 is 1.24 bits per heavy atom. The van der Waals surface area contributed by atoms with Gasteiger partial charge in [-0.3, -0.25) is 4.79 Å². The molecule has 21 heavy (non-hydrogen) atoms. The molecule has 0 amide bonds. The molecule has 0 aromatic heterocycles. The number of methoxy groups -OCH3 is 1. The Morgan fingerprint density at radius 2 is 1.86 bits per heavy atom. The molecule has 2 N–H and O–H groups in total. The van der Waals surface area contributed by atoms with E-state index in [-0.39, 0.29) is 24.5 Å². The molecule has 1 unspecified atom stereocenters. The van der Waals surface area contributed by atoms with Gasteiger partial charge in [-0.1, -0.05) is 37.3 Å². The zero-order valence-corrected chi connectivity index (χ0v) is 13.4. The van der Waals surface area contributed by atoms with E-state index >= 15 is 0 Å². The molecule has 0 saturated carbocycles. The summed E-state index contributed by atoms with van der Waals surface area (Å²) in [4.78, 5) is 12.2. The Labute approximate surface area is 126 Å². The Morgan fingerprint density at radius 3 is 2.33 bits per heavy atom. The van der Waals surface area contributed by atoms with Gasteiger partial charge in [0.2, 0.25) is 0 Å². The van der Waals surface area contributed by atoms with Crippen LogP contribution in [0.15, 0.2) is 30.3 Å². The second kappa shape index (κ2) is 7.56. The number of benzene rings is 1. The summed E-state index contributed by atoms with van der Waals surface area (Å²) in [7, 11) is -1.90. The molecule has 5 nitrogen and oxygen atoms in total. The number of hydrogen-bond donors (Lipinski definition) is 1. The van der Waals surface area contributed by atoms with Gasteiger partial charge >= 0.3 is 5.97 Å². The third-order valence-electron chi connectivity index (χ3n) is 3.61. The van der Waals surface area contributed by atoms with E-state index in [0.717, 1.165) is 0 Å². The van der Waals surface area contributed by atoms with Gasteiger partial charge in [0.25, 0.3) is 0 Å². The minimum Gasteiger partial charge on any atom is -0.468 e. The lowest BCUT2D eigenvalue weighted by molar-refractivity contribution is -0.147. The highest BCUT2D eigenvalue weighted by Crippen LogP contribution is 2.29. The predicted molar refractivity (Wildman–Crippen MR) is 82.8 cm³/mol. The number of ether oxygens (including phenoxy) is 1. The van der Waals surface area contributed by atoms with Crippen LogP contribution in [0.2, 0.25) is 0 Å². The van der Waals surface area contributed by atoms with Crippen molar-refractivity contribution in [3.05, 3.63) is 35.9 Å². The zero-order valence-electron chi connectivity index (χ0n) is 12.5. The Kier molecular flexibility index (Phi) is 6.36. The summed E-state index contributed by atoms with van der Waals surface area (Å²) in [6, 6.07) is 8.97. The number of sulfone groups is 1. The van der Waals surface area contributed by atoms with Crippen LogP contribution in [0.4, 0.5) is 0 Å². The van der Waals surface area contributed by atoms with Gasteiger partial charge < -0.3 is 10.5 Å². The normalized spacial score (nSPS) is 14.4.